The van der Waals surface area contributed by atoms with E-state index in [0.29, 0.717) is 0 Å². The zero-order chi connectivity index (χ0) is 20.9. The van der Waals surface area contributed by atoms with Crippen LogP contribution in [0.15, 0.2) is 78.9 Å². The van der Waals surface area contributed by atoms with E-state index in [9.17, 15) is 9.59 Å². The molecule has 0 saturated carbocycles. The number of hydrogen-bond donors (Lipinski definition) is 3. The van der Waals surface area contributed by atoms with Crippen molar-refractivity contribution in [3.05, 3.63) is 95.0 Å². The number of para-hydroxylation sites is 1. The van der Waals surface area contributed by atoms with Crippen LogP contribution in [-0.4, -0.2) is 16.9 Å². The number of imide groups is 1. The number of hydrogen-bond acceptors (Lipinski definition) is 5. The zero-order valence-corrected chi connectivity index (χ0v) is 16.9. The van der Waals surface area contributed by atoms with E-state index in [1.54, 1.807) is 11.3 Å². The molecule has 0 aliphatic rings. The molecule has 3 amide bonds. The minimum Gasteiger partial charge on any atom is -0.370 e. The summed E-state index contributed by atoms with van der Waals surface area (Å²) in [6, 6.07) is 23.5. The number of nitrogens with zero attached hydrogens (tertiary/aromatic N) is 1. The molecule has 30 heavy (non-hydrogen) atoms. The first-order valence-corrected chi connectivity index (χ1v) is 10.3. The lowest BCUT2D eigenvalue weighted by Crippen LogP contribution is -2.40. The normalized spacial score (nSPS) is 11.7. The molecular formula is C23H20N4O2S. The molecule has 1 aromatic heterocycles. The van der Waals surface area contributed by atoms with Gasteiger partial charge in [-0.3, -0.25) is 10.1 Å². The Morgan fingerprint density at radius 2 is 1.63 bits per heavy atom. The number of rotatable bonds is 6. The van der Waals surface area contributed by atoms with Crippen molar-refractivity contribution >= 4 is 39.2 Å². The first-order valence-electron chi connectivity index (χ1n) is 9.43. The maximum atomic E-state index is 12.5. The number of carbonyl (C=O) groups excluding carboxylic acids is 2. The molecule has 3 aromatic carbocycles. The zero-order valence-electron chi connectivity index (χ0n) is 16.0. The smallest absolute Gasteiger partial charge is 0.318 e. The number of nitrogens with two attached hydrogens (primary N) is 1. The summed E-state index contributed by atoms with van der Waals surface area (Å²) < 4.78 is 1.18. The number of carbonyl (C=O) groups is 2. The maximum absolute atomic E-state index is 12.5. The van der Waals surface area contributed by atoms with Crippen molar-refractivity contribution in [1.82, 2.24) is 10.3 Å². The maximum Gasteiger partial charge on any atom is 0.318 e. The number of anilines is 1. The van der Waals surface area contributed by atoms with Crippen LogP contribution in [0.2, 0.25) is 0 Å². The average Bonchev–Trinajstić information content (AvgIpc) is 3.15. The Morgan fingerprint density at radius 1 is 0.933 bits per heavy atom. The highest BCUT2D eigenvalue weighted by Gasteiger charge is 2.21. The summed E-state index contributed by atoms with van der Waals surface area (Å²) in [5.41, 5.74) is 8.75. The van der Waals surface area contributed by atoms with E-state index >= 15 is 0 Å². The highest BCUT2D eigenvalue weighted by Crippen LogP contribution is 2.25. The molecule has 7 heteroatoms. The second kappa shape index (κ2) is 8.75. The topological polar surface area (TPSA) is 97.1 Å². The molecule has 0 aliphatic heterocycles. The van der Waals surface area contributed by atoms with Crippen molar-refractivity contribution in [1.29, 1.82) is 0 Å². The van der Waals surface area contributed by atoms with Gasteiger partial charge in [0.25, 0.3) is 5.91 Å². The molecule has 0 radical (unpaired) electrons. The Hall–Kier alpha value is -3.71. The van der Waals surface area contributed by atoms with Gasteiger partial charge in [-0.15, -0.1) is 11.3 Å². The molecule has 6 nitrogen and oxygen atoms in total. The largest absolute Gasteiger partial charge is 0.370 e. The molecule has 0 saturated heterocycles. The van der Waals surface area contributed by atoms with Crippen LogP contribution >= 0.6 is 11.3 Å². The fraction of sp³-hybridized carbons (Fsp3) is 0.0870. The fourth-order valence-corrected chi connectivity index (χ4v) is 4.20. The van der Waals surface area contributed by atoms with Gasteiger partial charge < -0.3 is 11.1 Å². The van der Waals surface area contributed by atoms with Crippen molar-refractivity contribution in [3.63, 3.8) is 0 Å². The van der Waals surface area contributed by atoms with Gasteiger partial charge in [0.1, 0.15) is 6.04 Å². The molecule has 0 aliphatic carbocycles. The number of nitrogens with one attached hydrogen (secondary N) is 2. The van der Waals surface area contributed by atoms with Crippen LogP contribution in [0.25, 0.3) is 10.2 Å². The van der Waals surface area contributed by atoms with Crippen molar-refractivity contribution in [2.24, 2.45) is 5.73 Å². The summed E-state index contributed by atoms with van der Waals surface area (Å²) in [4.78, 5) is 28.3. The van der Waals surface area contributed by atoms with E-state index < -0.39 is 18.0 Å². The number of primary amides is 1. The first kappa shape index (κ1) is 19.6. The van der Waals surface area contributed by atoms with Gasteiger partial charge in [0.15, 0.2) is 0 Å². The molecule has 1 heterocycles. The van der Waals surface area contributed by atoms with Crippen molar-refractivity contribution in [2.75, 3.05) is 5.32 Å². The Kier molecular flexibility index (Phi) is 5.72. The number of benzene rings is 3. The van der Waals surface area contributed by atoms with Crippen molar-refractivity contribution < 1.29 is 9.59 Å². The summed E-state index contributed by atoms with van der Waals surface area (Å²) in [5, 5.41) is 6.38. The molecular weight excluding hydrogens is 396 g/mol. The lowest BCUT2D eigenvalue weighted by atomic mass is 10.1. The Bertz CT molecular complexity index is 1140. The third kappa shape index (κ3) is 4.64. The van der Waals surface area contributed by atoms with E-state index in [-0.39, 0.29) is 0 Å². The van der Waals surface area contributed by atoms with Gasteiger partial charge in [0.2, 0.25) is 0 Å². The van der Waals surface area contributed by atoms with Crippen molar-refractivity contribution in [3.8, 4) is 0 Å². The quantitative estimate of drug-likeness (QED) is 0.438. The van der Waals surface area contributed by atoms with Crippen LogP contribution in [0.4, 0.5) is 10.5 Å². The number of fused-ring (bicyclic) bond motifs is 1. The van der Waals surface area contributed by atoms with E-state index in [0.717, 1.165) is 33.8 Å². The van der Waals surface area contributed by atoms with E-state index in [2.05, 4.69) is 21.7 Å². The highest BCUT2D eigenvalue weighted by atomic mass is 32.1. The fourth-order valence-electron chi connectivity index (χ4n) is 3.19. The van der Waals surface area contributed by atoms with Crippen molar-refractivity contribution in [2.45, 2.75) is 12.5 Å². The summed E-state index contributed by atoms with van der Waals surface area (Å²) in [6.45, 7) is 0. The SMILES string of the molecule is NC(=O)NC(=O)[C@@H](Nc1ccc(Cc2nc3ccccc3s2)cc1)c1ccccc1. The number of aromatic nitrogens is 1. The highest BCUT2D eigenvalue weighted by molar-refractivity contribution is 7.18. The van der Waals surface area contributed by atoms with Gasteiger partial charge in [0.05, 0.1) is 15.2 Å². The van der Waals surface area contributed by atoms with E-state index in [1.807, 2.05) is 72.8 Å². The summed E-state index contributed by atoms with van der Waals surface area (Å²) in [7, 11) is 0. The number of amides is 3. The molecule has 4 N–H and O–H groups in total. The van der Waals surface area contributed by atoms with Crippen LogP contribution in [-0.2, 0) is 11.2 Å². The summed E-state index contributed by atoms with van der Waals surface area (Å²) in [6.07, 6.45) is 0.740. The van der Waals surface area contributed by atoms with Crippen LogP contribution in [0.3, 0.4) is 0 Å². The molecule has 0 fully saturated rings. The van der Waals surface area contributed by atoms with Gasteiger partial charge in [-0.25, -0.2) is 9.78 Å². The predicted octanol–water partition coefficient (Wildman–Crippen LogP) is 4.24. The van der Waals surface area contributed by atoms with Gasteiger partial charge >= 0.3 is 6.03 Å². The summed E-state index contributed by atoms with van der Waals surface area (Å²) >= 11 is 1.69. The lowest BCUT2D eigenvalue weighted by Gasteiger charge is -2.19. The number of thiazole rings is 1. The van der Waals surface area contributed by atoms with Gasteiger partial charge in [-0.2, -0.15) is 0 Å². The van der Waals surface area contributed by atoms with Gasteiger partial charge in [-0.1, -0.05) is 54.6 Å². The van der Waals surface area contributed by atoms with Crippen LogP contribution in [0.5, 0.6) is 0 Å². The molecule has 0 spiro atoms. The minimum absolute atomic E-state index is 0.507. The van der Waals surface area contributed by atoms with Crippen LogP contribution in [0, 0.1) is 0 Å². The predicted molar refractivity (Wildman–Crippen MR) is 119 cm³/mol. The Morgan fingerprint density at radius 3 is 2.33 bits per heavy atom. The van der Waals surface area contributed by atoms with Gasteiger partial charge in [-0.05, 0) is 35.4 Å². The lowest BCUT2D eigenvalue weighted by molar-refractivity contribution is -0.120. The molecule has 150 valence electrons. The molecule has 4 aromatic rings. The van der Waals surface area contributed by atoms with Gasteiger partial charge in [0, 0.05) is 12.1 Å². The first-order chi connectivity index (χ1) is 14.6. The monoisotopic (exact) mass is 416 g/mol. The molecule has 4 rings (SSSR count). The Labute approximate surface area is 177 Å². The Balaban J connectivity index is 1.50. The van der Waals surface area contributed by atoms with E-state index in [1.165, 1.54) is 4.70 Å². The average molecular weight is 417 g/mol. The van der Waals surface area contributed by atoms with Crippen LogP contribution in [0.1, 0.15) is 22.2 Å². The summed E-state index contributed by atoms with van der Waals surface area (Å²) in [5.74, 6) is -0.507. The second-order valence-electron chi connectivity index (χ2n) is 6.79. The third-order valence-corrected chi connectivity index (χ3v) is 5.64. The van der Waals surface area contributed by atoms with E-state index in [4.69, 9.17) is 5.73 Å². The molecule has 0 unspecified atom stereocenters. The second-order valence-corrected chi connectivity index (χ2v) is 7.91. The van der Waals surface area contributed by atoms with Crippen LogP contribution < -0.4 is 16.4 Å². The minimum atomic E-state index is -0.881. The molecule has 1 atom stereocenters. The number of urea groups is 1. The standard InChI is InChI=1S/C23H20N4O2S/c24-23(29)27-22(28)21(16-6-2-1-3-7-16)25-17-12-10-15(11-13-17)14-20-26-18-8-4-5-9-19(18)30-20/h1-13,21,25H,14H2,(H3,24,27,28,29)/t21-/m0/s1. The molecule has 0 bridgehead atoms. The third-order valence-electron chi connectivity index (χ3n) is 4.60.